The van der Waals surface area contributed by atoms with Gasteiger partial charge in [0.05, 0.1) is 12.2 Å². The van der Waals surface area contributed by atoms with Crippen LogP contribution in [0.1, 0.15) is 42.6 Å². The summed E-state index contributed by atoms with van der Waals surface area (Å²) in [6, 6.07) is 9.83. The Morgan fingerprint density at radius 2 is 1.76 bits per heavy atom. The van der Waals surface area contributed by atoms with Gasteiger partial charge in [-0.05, 0) is 59.6 Å². The first kappa shape index (κ1) is 27.9. The molecule has 0 unspecified atom stereocenters. The summed E-state index contributed by atoms with van der Waals surface area (Å²) in [5.74, 6) is -6.54. The number of phenols is 1. The van der Waals surface area contributed by atoms with Crippen LogP contribution in [0.25, 0.3) is 11.1 Å². The number of anilines is 1. The molecule has 0 saturated carbocycles. The van der Waals surface area contributed by atoms with Crippen LogP contribution in [-0.2, 0) is 20.7 Å². The molecule has 3 atom stereocenters. The number of benzene rings is 2. The third-order valence-electron chi connectivity index (χ3n) is 7.94. The highest BCUT2D eigenvalue weighted by Crippen LogP contribution is 2.52. The molecule has 41 heavy (non-hydrogen) atoms. The number of carbonyl (C=O) groups excluding carboxylic acids is 4. The van der Waals surface area contributed by atoms with Crippen molar-refractivity contribution < 1.29 is 44.3 Å². The normalized spacial score (nSPS) is 23.6. The van der Waals surface area contributed by atoms with E-state index in [-0.39, 0.29) is 48.7 Å². The van der Waals surface area contributed by atoms with Gasteiger partial charge in [-0.25, -0.2) is 4.79 Å². The topological polar surface area (TPSA) is 196 Å². The highest BCUT2D eigenvalue weighted by atomic mass is 16.5. The summed E-state index contributed by atoms with van der Waals surface area (Å²) >= 11 is 0. The quantitative estimate of drug-likeness (QED) is 0.296. The van der Waals surface area contributed by atoms with Gasteiger partial charge in [-0.3, -0.25) is 19.7 Å². The molecule has 7 N–H and O–H groups in total. The lowest BCUT2D eigenvalue weighted by Gasteiger charge is -2.45. The lowest BCUT2D eigenvalue weighted by Crippen LogP contribution is -2.57. The van der Waals surface area contributed by atoms with Crippen molar-refractivity contribution in [3.63, 3.8) is 0 Å². The molecule has 2 amide bonds. The zero-order valence-electron chi connectivity index (χ0n) is 22.4. The van der Waals surface area contributed by atoms with Crippen molar-refractivity contribution in [3.8, 4) is 16.9 Å². The predicted molar refractivity (Wildman–Crippen MR) is 146 cm³/mol. The number of aromatic hydroxyl groups is 1. The van der Waals surface area contributed by atoms with Gasteiger partial charge in [-0.2, -0.15) is 0 Å². The summed E-state index contributed by atoms with van der Waals surface area (Å²) in [4.78, 5) is 50.6. The van der Waals surface area contributed by atoms with Crippen molar-refractivity contribution in [2.24, 2.45) is 23.5 Å². The summed E-state index contributed by atoms with van der Waals surface area (Å²) in [5, 5.41) is 46.2. The van der Waals surface area contributed by atoms with E-state index in [1.165, 1.54) is 6.07 Å². The Labute approximate surface area is 234 Å². The van der Waals surface area contributed by atoms with Gasteiger partial charge >= 0.3 is 6.09 Å². The summed E-state index contributed by atoms with van der Waals surface area (Å²) in [7, 11) is 0. The Kier molecular flexibility index (Phi) is 6.86. The number of allylic oxidation sites excluding steroid dienone is 2. The Hall–Kier alpha value is -4.64. The van der Waals surface area contributed by atoms with Gasteiger partial charge < -0.3 is 30.9 Å². The first-order chi connectivity index (χ1) is 19.3. The molecular weight excluding hydrogens is 532 g/mol. The molecule has 2 aromatic rings. The van der Waals surface area contributed by atoms with E-state index in [1.54, 1.807) is 30.3 Å². The van der Waals surface area contributed by atoms with E-state index < -0.39 is 58.1 Å². The van der Waals surface area contributed by atoms with Crippen LogP contribution in [-0.4, -0.2) is 56.2 Å². The van der Waals surface area contributed by atoms with Crippen molar-refractivity contribution in [3.05, 3.63) is 70.2 Å². The maximum Gasteiger partial charge on any atom is 0.411 e. The molecule has 0 aromatic heterocycles. The van der Waals surface area contributed by atoms with Crippen molar-refractivity contribution in [2.75, 3.05) is 11.9 Å². The molecule has 3 aliphatic carbocycles. The Morgan fingerprint density at radius 3 is 2.39 bits per heavy atom. The number of aliphatic hydroxyl groups excluding tert-OH is 2. The maximum atomic E-state index is 13.7. The zero-order valence-corrected chi connectivity index (χ0v) is 22.4. The van der Waals surface area contributed by atoms with Crippen molar-refractivity contribution in [1.82, 2.24) is 0 Å². The number of hydrogen-bond donors (Lipinski definition) is 6. The molecule has 11 nitrogen and oxygen atoms in total. The van der Waals surface area contributed by atoms with E-state index in [9.17, 15) is 39.6 Å². The van der Waals surface area contributed by atoms with E-state index in [0.717, 1.165) is 0 Å². The molecule has 11 heteroatoms. The number of ether oxygens (including phenoxy) is 1. The molecule has 3 aliphatic rings. The van der Waals surface area contributed by atoms with E-state index in [1.807, 2.05) is 13.8 Å². The fourth-order valence-electron chi connectivity index (χ4n) is 6.02. The summed E-state index contributed by atoms with van der Waals surface area (Å²) in [6.07, 6.45) is -0.657. The minimum absolute atomic E-state index is 0.0410. The zero-order chi connectivity index (χ0) is 29.8. The molecule has 0 fully saturated rings. The Morgan fingerprint density at radius 1 is 1.07 bits per heavy atom. The van der Waals surface area contributed by atoms with Crippen molar-refractivity contribution in [1.29, 1.82) is 0 Å². The van der Waals surface area contributed by atoms with Gasteiger partial charge in [0.2, 0.25) is 5.78 Å². The second kappa shape index (κ2) is 10.1. The summed E-state index contributed by atoms with van der Waals surface area (Å²) in [5.41, 5.74) is 3.86. The van der Waals surface area contributed by atoms with Crippen LogP contribution in [0.3, 0.4) is 0 Å². The number of nitrogens with two attached hydrogens (primary N) is 1. The Bertz CT molecular complexity index is 1550. The molecule has 0 bridgehead atoms. The Balaban J connectivity index is 1.51. The minimum atomic E-state index is -2.61. The average Bonchev–Trinajstić information content (AvgIpc) is 2.90. The van der Waals surface area contributed by atoms with Crippen LogP contribution in [0.2, 0.25) is 0 Å². The van der Waals surface area contributed by atoms with Gasteiger partial charge in [0, 0.05) is 23.6 Å². The third-order valence-corrected chi connectivity index (χ3v) is 7.94. The first-order valence-electron chi connectivity index (χ1n) is 13.2. The van der Waals surface area contributed by atoms with E-state index in [2.05, 4.69) is 5.32 Å². The van der Waals surface area contributed by atoms with Crippen LogP contribution >= 0.6 is 0 Å². The van der Waals surface area contributed by atoms with E-state index >= 15 is 0 Å². The van der Waals surface area contributed by atoms with Crippen LogP contribution in [0.4, 0.5) is 10.5 Å². The van der Waals surface area contributed by atoms with Gasteiger partial charge in [0.25, 0.3) is 5.91 Å². The molecule has 0 aliphatic heterocycles. The van der Waals surface area contributed by atoms with Gasteiger partial charge in [-0.15, -0.1) is 0 Å². The molecule has 0 saturated heterocycles. The fraction of sp³-hybridized carbons (Fsp3) is 0.333. The monoisotopic (exact) mass is 562 g/mol. The number of nitrogens with one attached hydrogen (secondary N) is 1. The number of rotatable bonds is 5. The smallest absolute Gasteiger partial charge is 0.411 e. The number of primary amides is 1. The molecule has 0 spiro atoms. The molecule has 2 aromatic carbocycles. The van der Waals surface area contributed by atoms with Gasteiger partial charge in [-0.1, -0.05) is 32.0 Å². The second-order valence-electron chi connectivity index (χ2n) is 11.1. The summed E-state index contributed by atoms with van der Waals surface area (Å²) in [6.45, 7) is 4.13. The number of ketones is 2. The molecule has 0 heterocycles. The second-order valence-corrected chi connectivity index (χ2v) is 11.1. The largest absolute Gasteiger partial charge is 0.511 e. The number of phenolic OH excluding ortho intramolecular Hbond substituents is 1. The number of carbonyl (C=O) groups is 4. The number of Topliss-reactive ketones (excluding diaryl/α,β-unsaturated/α-hetero) is 2. The van der Waals surface area contributed by atoms with Crippen molar-refractivity contribution in [2.45, 2.75) is 38.7 Å². The predicted octanol–water partition coefficient (Wildman–Crippen LogP) is 3.45. The number of aliphatic hydroxyl groups is 3. The van der Waals surface area contributed by atoms with Gasteiger partial charge in [0.15, 0.2) is 11.4 Å². The van der Waals surface area contributed by atoms with Gasteiger partial charge in [0.1, 0.15) is 22.8 Å². The minimum Gasteiger partial charge on any atom is -0.511 e. The van der Waals surface area contributed by atoms with Crippen molar-refractivity contribution >= 4 is 29.3 Å². The number of fused-ring (bicyclic) bond motifs is 3. The standard InChI is InChI=1S/C30H30N2O9/c1-13(2)12-41-29(39)32-17-5-3-14(4-6-17)18-7-8-20(33)23-19(18)10-15-9-16-11-21(34)24(28(31)38)27(37)30(16,40)26(36)22(15)25(23)35/h3-8,13,15-16,33-34,36,40H,9-12H2,1-2H3,(H2,31,38)(H,32,39)/t15-,16+,30+/m1/s1. The van der Waals surface area contributed by atoms with E-state index in [0.29, 0.717) is 22.4 Å². The van der Waals surface area contributed by atoms with Crippen LogP contribution < -0.4 is 11.1 Å². The van der Waals surface area contributed by atoms with Crippen LogP contribution in [0, 0.1) is 17.8 Å². The molecular formula is C30H30N2O9. The number of hydrogen-bond acceptors (Lipinski definition) is 9. The third kappa shape index (κ3) is 4.51. The maximum absolute atomic E-state index is 13.7. The summed E-state index contributed by atoms with van der Waals surface area (Å²) < 4.78 is 5.14. The van der Waals surface area contributed by atoms with Crippen LogP contribution in [0.5, 0.6) is 5.75 Å². The van der Waals surface area contributed by atoms with Crippen LogP contribution in [0.15, 0.2) is 59.1 Å². The highest BCUT2D eigenvalue weighted by Gasteiger charge is 2.59. The fourth-order valence-corrected chi connectivity index (χ4v) is 6.02. The molecule has 214 valence electrons. The highest BCUT2D eigenvalue weighted by molar-refractivity contribution is 6.24. The molecule has 5 rings (SSSR count). The molecule has 0 radical (unpaired) electrons. The SMILES string of the molecule is CC(C)COC(=O)Nc1ccc(-c2ccc(O)c3c2C[C@H]2C[C@H]4CC(O)=C(C(N)=O)C(=O)[C@@]4(O)C(O)=C2C3=O)cc1. The lowest BCUT2D eigenvalue weighted by molar-refractivity contribution is -0.144. The average molecular weight is 563 g/mol. The number of amides is 2. The van der Waals surface area contributed by atoms with E-state index in [4.69, 9.17) is 10.5 Å². The first-order valence-corrected chi connectivity index (χ1v) is 13.2. The lowest BCUT2D eigenvalue weighted by atomic mass is 9.60.